The molecule has 0 saturated carbocycles. The molecule has 0 atom stereocenters. The highest BCUT2D eigenvalue weighted by Crippen LogP contribution is 2.46. The number of benzene rings is 1. The summed E-state index contributed by atoms with van der Waals surface area (Å²) < 4.78 is 118. The highest BCUT2D eigenvalue weighted by molar-refractivity contribution is 6.17. The normalized spacial score (nSPS) is 15.8. The molecule has 1 aliphatic heterocycles. The molecule has 2 rings (SSSR count). The molecule has 2 amide bonds. The zero-order valence-corrected chi connectivity index (χ0v) is 13.8. The van der Waals surface area contributed by atoms with E-state index in [0.29, 0.717) is 11.0 Å². The number of nitrogens with zero attached hydrogens (tertiary/aromatic N) is 1. The van der Waals surface area contributed by atoms with E-state index in [9.17, 15) is 49.1 Å². The van der Waals surface area contributed by atoms with Gasteiger partial charge >= 0.3 is 18.5 Å². The predicted molar refractivity (Wildman–Crippen MR) is 77.0 cm³/mol. The Labute approximate surface area is 155 Å². The van der Waals surface area contributed by atoms with Crippen molar-refractivity contribution in [2.75, 3.05) is 18.5 Å². The Bertz CT molecular complexity index is 834. The molecule has 1 aromatic rings. The van der Waals surface area contributed by atoms with E-state index in [1.54, 1.807) is 0 Å². The smallest absolute Gasteiger partial charge is 0.395 e. The lowest BCUT2D eigenvalue weighted by molar-refractivity contribution is -0.148. The Morgan fingerprint density at radius 2 is 1.34 bits per heavy atom. The molecule has 0 fully saturated rings. The number of hydrogen-bond donors (Lipinski definition) is 2. The first-order chi connectivity index (χ1) is 13.1. The summed E-state index contributed by atoms with van der Waals surface area (Å²) in [5.41, 5.74) is -9.76. The fraction of sp³-hybridized carbons (Fsp3) is 0.333. The standard InChI is InChI=1S/C15H9F9N2O3/c16-13(17,18)6-3-7(14(19,20)21)11(8(4-6)15(22,23)24)25-9-5-10(28)26(1-2-27)12(9)29/h3-5,25,27H,1-2H2. The number of β-amino-alcohol motifs (C(OH)–C–C–N with tert-alkyl or cyclic N) is 1. The van der Waals surface area contributed by atoms with E-state index in [0.717, 1.165) is 0 Å². The third kappa shape index (κ3) is 4.63. The Hall–Kier alpha value is -2.77. The maximum Gasteiger partial charge on any atom is 0.418 e. The van der Waals surface area contributed by atoms with Gasteiger partial charge in [-0.2, -0.15) is 39.5 Å². The van der Waals surface area contributed by atoms with Crippen molar-refractivity contribution in [3.63, 3.8) is 0 Å². The van der Waals surface area contributed by atoms with Crippen LogP contribution in [0.5, 0.6) is 0 Å². The highest BCUT2D eigenvalue weighted by atomic mass is 19.4. The van der Waals surface area contributed by atoms with Crippen LogP contribution in [0.1, 0.15) is 16.7 Å². The Balaban J connectivity index is 2.69. The van der Waals surface area contributed by atoms with Gasteiger partial charge < -0.3 is 10.4 Å². The molecule has 1 aliphatic rings. The highest BCUT2D eigenvalue weighted by Gasteiger charge is 2.45. The molecule has 5 nitrogen and oxygen atoms in total. The predicted octanol–water partition coefficient (Wildman–Crippen LogP) is 3.40. The van der Waals surface area contributed by atoms with Crippen LogP contribution in [0.3, 0.4) is 0 Å². The molecule has 0 unspecified atom stereocenters. The molecule has 29 heavy (non-hydrogen) atoms. The number of halogens is 9. The zero-order valence-electron chi connectivity index (χ0n) is 13.8. The minimum Gasteiger partial charge on any atom is -0.395 e. The van der Waals surface area contributed by atoms with Crippen LogP contribution in [0.25, 0.3) is 0 Å². The van der Waals surface area contributed by atoms with Crippen molar-refractivity contribution in [1.82, 2.24) is 4.90 Å². The van der Waals surface area contributed by atoms with Crippen molar-refractivity contribution in [1.29, 1.82) is 0 Å². The van der Waals surface area contributed by atoms with Crippen molar-refractivity contribution in [2.24, 2.45) is 0 Å². The largest absolute Gasteiger partial charge is 0.418 e. The number of aliphatic hydroxyl groups excluding tert-OH is 1. The Morgan fingerprint density at radius 3 is 1.72 bits per heavy atom. The summed E-state index contributed by atoms with van der Waals surface area (Å²) in [5.74, 6) is -2.49. The molecule has 0 radical (unpaired) electrons. The SMILES string of the molecule is O=C1C=C(Nc2c(C(F)(F)F)cc(C(F)(F)F)cc2C(F)(F)F)C(=O)N1CCO. The van der Waals surface area contributed by atoms with Gasteiger partial charge in [-0.05, 0) is 12.1 Å². The number of carbonyl (C=O) groups is 2. The Kier molecular flexibility index (Phi) is 5.62. The van der Waals surface area contributed by atoms with Crippen LogP contribution in [0, 0.1) is 0 Å². The molecule has 1 heterocycles. The van der Waals surface area contributed by atoms with E-state index in [1.807, 2.05) is 0 Å². The molecule has 0 aromatic heterocycles. The van der Waals surface area contributed by atoms with Crippen molar-refractivity contribution in [3.05, 3.63) is 40.6 Å². The first-order valence-corrected chi connectivity index (χ1v) is 7.42. The van der Waals surface area contributed by atoms with E-state index >= 15 is 0 Å². The zero-order chi connectivity index (χ0) is 22.4. The van der Waals surface area contributed by atoms with Gasteiger partial charge in [0.1, 0.15) is 5.70 Å². The van der Waals surface area contributed by atoms with Gasteiger partial charge in [-0.15, -0.1) is 0 Å². The number of amides is 2. The summed E-state index contributed by atoms with van der Waals surface area (Å²) in [6.45, 7) is -1.33. The molecule has 1 aromatic carbocycles. The van der Waals surface area contributed by atoms with Gasteiger partial charge in [0, 0.05) is 6.08 Å². The summed E-state index contributed by atoms with van der Waals surface area (Å²) in [7, 11) is 0. The van der Waals surface area contributed by atoms with Crippen molar-refractivity contribution in [2.45, 2.75) is 18.5 Å². The quantitative estimate of drug-likeness (QED) is 0.561. The van der Waals surface area contributed by atoms with Crippen molar-refractivity contribution >= 4 is 17.5 Å². The molecular formula is C15H9F9N2O3. The summed E-state index contributed by atoms with van der Waals surface area (Å²) in [6.07, 6.45) is -16.5. The van der Waals surface area contributed by atoms with Gasteiger partial charge in [0.05, 0.1) is 35.5 Å². The summed E-state index contributed by atoms with van der Waals surface area (Å²) >= 11 is 0. The number of imide groups is 1. The number of rotatable bonds is 4. The van der Waals surface area contributed by atoms with Crippen LogP contribution in [0.2, 0.25) is 0 Å². The molecule has 2 N–H and O–H groups in total. The van der Waals surface area contributed by atoms with E-state index in [2.05, 4.69) is 0 Å². The lowest BCUT2D eigenvalue weighted by atomic mass is 10.0. The molecule has 0 saturated heterocycles. The van der Waals surface area contributed by atoms with E-state index in [-0.39, 0.29) is 0 Å². The van der Waals surface area contributed by atoms with E-state index in [1.165, 1.54) is 5.32 Å². The van der Waals surface area contributed by atoms with Gasteiger partial charge in [0.2, 0.25) is 0 Å². The minimum atomic E-state index is -5.67. The summed E-state index contributed by atoms with van der Waals surface area (Å²) in [6, 6.07) is -1.07. The number of carbonyl (C=O) groups excluding carboxylic acids is 2. The van der Waals surface area contributed by atoms with Gasteiger partial charge in [-0.3, -0.25) is 14.5 Å². The Morgan fingerprint density at radius 1 is 0.862 bits per heavy atom. The molecular weight excluding hydrogens is 427 g/mol. The van der Waals surface area contributed by atoms with E-state index < -0.39 is 83.7 Å². The van der Waals surface area contributed by atoms with Crippen molar-refractivity contribution < 1.29 is 54.2 Å². The first-order valence-electron chi connectivity index (χ1n) is 7.42. The second kappa shape index (κ2) is 7.24. The number of nitrogens with one attached hydrogen (secondary N) is 1. The van der Waals surface area contributed by atoms with Gasteiger partial charge in [0.15, 0.2) is 0 Å². The number of aliphatic hydroxyl groups is 1. The molecule has 0 aliphatic carbocycles. The second-order valence-electron chi connectivity index (χ2n) is 5.64. The number of anilines is 1. The fourth-order valence-corrected chi connectivity index (χ4v) is 2.43. The van der Waals surface area contributed by atoms with Crippen LogP contribution in [-0.2, 0) is 28.1 Å². The molecule has 14 heteroatoms. The second-order valence-corrected chi connectivity index (χ2v) is 5.64. The third-order valence-electron chi connectivity index (χ3n) is 3.67. The topological polar surface area (TPSA) is 69.6 Å². The molecule has 0 bridgehead atoms. The average Bonchev–Trinajstić information content (AvgIpc) is 2.79. The monoisotopic (exact) mass is 436 g/mol. The van der Waals surface area contributed by atoms with Crippen LogP contribution in [-0.4, -0.2) is 35.0 Å². The van der Waals surface area contributed by atoms with Gasteiger partial charge in [-0.1, -0.05) is 0 Å². The summed E-state index contributed by atoms with van der Waals surface area (Å²) in [5, 5.41) is 10.3. The molecule has 160 valence electrons. The van der Waals surface area contributed by atoms with Crippen LogP contribution in [0.4, 0.5) is 45.2 Å². The molecule has 0 spiro atoms. The van der Waals surface area contributed by atoms with Gasteiger partial charge in [-0.25, -0.2) is 0 Å². The van der Waals surface area contributed by atoms with Crippen LogP contribution >= 0.6 is 0 Å². The minimum absolute atomic E-state index is 0.326. The number of hydrogen-bond acceptors (Lipinski definition) is 4. The first kappa shape index (κ1) is 22.5. The third-order valence-corrected chi connectivity index (χ3v) is 3.67. The van der Waals surface area contributed by atoms with E-state index in [4.69, 9.17) is 5.11 Å². The van der Waals surface area contributed by atoms with Crippen LogP contribution < -0.4 is 5.32 Å². The lowest BCUT2D eigenvalue weighted by Gasteiger charge is -2.22. The average molecular weight is 436 g/mol. The maximum absolute atomic E-state index is 13.2. The fourth-order valence-electron chi connectivity index (χ4n) is 2.43. The maximum atomic E-state index is 13.2. The summed E-state index contributed by atoms with van der Waals surface area (Å²) in [4.78, 5) is 23.9. The van der Waals surface area contributed by atoms with Crippen molar-refractivity contribution in [3.8, 4) is 0 Å². The lowest BCUT2D eigenvalue weighted by Crippen LogP contribution is -2.34. The number of alkyl halides is 9. The van der Waals surface area contributed by atoms with Gasteiger partial charge in [0.25, 0.3) is 11.8 Å². The van der Waals surface area contributed by atoms with Crippen LogP contribution in [0.15, 0.2) is 23.9 Å².